The Morgan fingerprint density at radius 3 is 2.62 bits per heavy atom. The fraction of sp³-hybridized carbons (Fsp3) is 0.130. The molecule has 2 N–H and O–H groups in total. The van der Waals surface area contributed by atoms with Crippen molar-refractivity contribution in [3.63, 3.8) is 0 Å². The number of ether oxygens (including phenoxy) is 2. The molecule has 2 amide bonds. The summed E-state index contributed by atoms with van der Waals surface area (Å²) in [5.41, 5.74) is 2.74. The van der Waals surface area contributed by atoms with Gasteiger partial charge in [-0.15, -0.1) is 0 Å². The minimum atomic E-state index is -0.330. The van der Waals surface area contributed by atoms with E-state index in [2.05, 4.69) is 20.6 Å². The number of amides is 2. The zero-order chi connectivity index (χ0) is 22.5. The van der Waals surface area contributed by atoms with Gasteiger partial charge in [0.15, 0.2) is 18.1 Å². The lowest BCUT2D eigenvalue weighted by atomic mass is 10.2. The fourth-order valence-corrected chi connectivity index (χ4v) is 3.09. The summed E-state index contributed by atoms with van der Waals surface area (Å²) in [7, 11) is 2.99. The molecule has 0 atom stereocenters. The van der Waals surface area contributed by atoms with Crippen LogP contribution in [0, 0.1) is 0 Å². The number of nitrogens with one attached hydrogen (secondary N) is 2. The lowest BCUT2D eigenvalue weighted by Crippen LogP contribution is -2.25. The topological polar surface area (TPSA) is 107 Å². The Morgan fingerprint density at radius 1 is 1.03 bits per heavy atom. The molecule has 0 bridgehead atoms. The van der Waals surface area contributed by atoms with Crippen molar-refractivity contribution in [2.24, 2.45) is 0 Å². The van der Waals surface area contributed by atoms with Crippen LogP contribution in [0.25, 0.3) is 16.9 Å². The van der Waals surface area contributed by atoms with E-state index in [0.717, 1.165) is 11.0 Å². The second kappa shape index (κ2) is 9.17. The third kappa shape index (κ3) is 4.36. The highest BCUT2D eigenvalue weighted by molar-refractivity contribution is 6.04. The number of hydrogen-bond donors (Lipinski definition) is 2. The number of nitrogens with zero attached hydrogens (tertiary/aromatic N) is 3. The van der Waals surface area contributed by atoms with Crippen molar-refractivity contribution < 1.29 is 19.1 Å². The first-order valence-electron chi connectivity index (χ1n) is 9.80. The molecule has 4 aromatic rings. The van der Waals surface area contributed by atoms with Gasteiger partial charge in [0.2, 0.25) is 0 Å². The van der Waals surface area contributed by atoms with Crippen LogP contribution < -0.4 is 20.1 Å². The van der Waals surface area contributed by atoms with Gasteiger partial charge >= 0.3 is 0 Å². The van der Waals surface area contributed by atoms with Gasteiger partial charge < -0.3 is 20.1 Å². The second-order valence-electron chi connectivity index (χ2n) is 6.79. The minimum Gasteiger partial charge on any atom is -0.493 e. The van der Waals surface area contributed by atoms with E-state index >= 15 is 0 Å². The monoisotopic (exact) mass is 431 g/mol. The zero-order valence-electron chi connectivity index (χ0n) is 17.5. The molecule has 0 aliphatic heterocycles. The van der Waals surface area contributed by atoms with Crippen LogP contribution >= 0.6 is 0 Å². The fourth-order valence-electron chi connectivity index (χ4n) is 3.09. The highest BCUT2D eigenvalue weighted by Crippen LogP contribution is 2.28. The van der Waals surface area contributed by atoms with Gasteiger partial charge in [0.05, 0.1) is 30.0 Å². The van der Waals surface area contributed by atoms with Crippen LogP contribution in [0.4, 0.5) is 5.69 Å². The first-order valence-corrected chi connectivity index (χ1v) is 9.80. The molecule has 4 rings (SSSR count). The summed E-state index contributed by atoms with van der Waals surface area (Å²) in [4.78, 5) is 32.9. The van der Waals surface area contributed by atoms with E-state index in [-0.39, 0.29) is 18.4 Å². The third-order valence-corrected chi connectivity index (χ3v) is 4.77. The van der Waals surface area contributed by atoms with Crippen molar-refractivity contribution in [1.82, 2.24) is 19.9 Å². The molecule has 0 aliphatic carbocycles. The highest BCUT2D eigenvalue weighted by Gasteiger charge is 2.13. The SMILES string of the molecule is CNC(=O)COc1ccc(C(=O)Nc2ccc(-n3cnc4ccccc43)nc2)cc1OC. The van der Waals surface area contributed by atoms with Gasteiger partial charge in [0.1, 0.15) is 12.1 Å². The van der Waals surface area contributed by atoms with Crippen molar-refractivity contribution in [3.8, 4) is 17.3 Å². The maximum atomic E-state index is 12.7. The van der Waals surface area contributed by atoms with E-state index in [1.54, 1.807) is 42.9 Å². The van der Waals surface area contributed by atoms with Gasteiger partial charge in [0, 0.05) is 12.6 Å². The molecule has 0 saturated heterocycles. The zero-order valence-corrected chi connectivity index (χ0v) is 17.5. The standard InChI is InChI=1S/C23H21N5O4/c1-24-22(29)13-32-19-9-7-15(11-20(19)31-2)23(30)27-16-8-10-21(25-12-16)28-14-26-17-5-3-4-6-18(17)28/h3-12,14H,13H2,1-2H3,(H,24,29)(H,27,30). The molecule has 2 heterocycles. The number of imidazole rings is 1. The number of methoxy groups -OCH3 is 1. The van der Waals surface area contributed by atoms with Gasteiger partial charge in [-0.1, -0.05) is 12.1 Å². The Kier molecular flexibility index (Phi) is 5.98. The van der Waals surface area contributed by atoms with Crippen molar-refractivity contribution in [2.75, 3.05) is 26.1 Å². The maximum absolute atomic E-state index is 12.7. The number of carbonyl (C=O) groups excluding carboxylic acids is 2. The number of benzene rings is 2. The summed E-state index contributed by atoms with van der Waals surface area (Å²) in [5.74, 6) is 0.807. The van der Waals surface area contributed by atoms with Crippen molar-refractivity contribution in [1.29, 1.82) is 0 Å². The molecule has 0 saturated carbocycles. The number of fused-ring (bicyclic) bond motifs is 1. The second-order valence-corrected chi connectivity index (χ2v) is 6.79. The third-order valence-electron chi connectivity index (χ3n) is 4.77. The molecule has 162 valence electrons. The molecule has 32 heavy (non-hydrogen) atoms. The van der Waals surface area contributed by atoms with Crippen LogP contribution in [-0.2, 0) is 4.79 Å². The van der Waals surface area contributed by atoms with Crippen LogP contribution in [0.5, 0.6) is 11.5 Å². The van der Waals surface area contributed by atoms with Gasteiger partial charge in [0.25, 0.3) is 11.8 Å². The molecule has 0 radical (unpaired) electrons. The number of para-hydroxylation sites is 2. The number of hydrogen-bond acceptors (Lipinski definition) is 6. The lowest BCUT2D eigenvalue weighted by Gasteiger charge is -2.12. The summed E-state index contributed by atoms with van der Waals surface area (Å²) in [6, 6.07) is 16.1. The Labute approximate surface area is 184 Å². The van der Waals surface area contributed by atoms with Crippen LogP contribution in [0.1, 0.15) is 10.4 Å². The molecule has 2 aromatic carbocycles. The maximum Gasteiger partial charge on any atom is 0.257 e. The molecular weight excluding hydrogens is 410 g/mol. The normalized spacial score (nSPS) is 10.6. The average Bonchev–Trinajstić information content (AvgIpc) is 3.27. The quantitative estimate of drug-likeness (QED) is 0.466. The van der Waals surface area contributed by atoms with Gasteiger partial charge in [-0.05, 0) is 42.5 Å². The number of anilines is 1. The van der Waals surface area contributed by atoms with E-state index in [1.807, 2.05) is 28.8 Å². The predicted octanol–water partition coefficient (Wildman–Crippen LogP) is 2.81. The summed E-state index contributed by atoms with van der Waals surface area (Å²) in [6.07, 6.45) is 3.30. The highest BCUT2D eigenvalue weighted by atomic mass is 16.5. The number of aromatic nitrogens is 3. The number of pyridine rings is 1. The molecule has 0 aliphatic rings. The number of likely N-dealkylation sites (N-methyl/N-ethyl adjacent to an activating group) is 1. The van der Waals surface area contributed by atoms with E-state index in [9.17, 15) is 9.59 Å². The average molecular weight is 431 g/mol. The van der Waals surface area contributed by atoms with E-state index in [0.29, 0.717) is 28.6 Å². The largest absolute Gasteiger partial charge is 0.493 e. The molecule has 0 unspecified atom stereocenters. The molecular formula is C23H21N5O4. The first kappa shape index (κ1) is 20.9. The van der Waals surface area contributed by atoms with Gasteiger partial charge in [-0.3, -0.25) is 14.2 Å². The van der Waals surface area contributed by atoms with Gasteiger partial charge in [-0.2, -0.15) is 0 Å². The minimum absolute atomic E-state index is 0.150. The lowest BCUT2D eigenvalue weighted by molar-refractivity contribution is -0.122. The number of carbonyl (C=O) groups is 2. The van der Waals surface area contributed by atoms with Crippen molar-refractivity contribution in [2.45, 2.75) is 0 Å². The van der Waals surface area contributed by atoms with E-state index in [1.165, 1.54) is 14.2 Å². The van der Waals surface area contributed by atoms with E-state index in [4.69, 9.17) is 9.47 Å². The van der Waals surface area contributed by atoms with Crippen molar-refractivity contribution in [3.05, 3.63) is 72.7 Å². The summed E-state index contributed by atoms with van der Waals surface area (Å²) in [5, 5.41) is 5.28. The Balaban J connectivity index is 1.47. The molecule has 0 spiro atoms. The van der Waals surface area contributed by atoms with E-state index < -0.39 is 0 Å². The number of rotatable bonds is 7. The van der Waals surface area contributed by atoms with Gasteiger partial charge in [-0.25, -0.2) is 9.97 Å². The van der Waals surface area contributed by atoms with Crippen LogP contribution in [0.15, 0.2) is 67.1 Å². The molecule has 9 heteroatoms. The van der Waals surface area contributed by atoms with Crippen LogP contribution in [0.2, 0.25) is 0 Å². The van der Waals surface area contributed by atoms with Crippen molar-refractivity contribution >= 4 is 28.5 Å². The first-order chi connectivity index (χ1) is 15.6. The van der Waals surface area contributed by atoms with Crippen LogP contribution in [-0.4, -0.2) is 47.1 Å². The molecule has 2 aromatic heterocycles. The Hall–Kier alpha value is -4.40. The van der Waals surface area contributed by atoms with Crippen LogP contribution in [0.3, 0.4) is 0 Å². The molecule has 9 nitrogen and oxygen atoms in total. The summed E-state index contributed by atoms with van der Waals surface area (Å²) in [6.45, 7) is -0.150. The Bertz CT molecular complexity index is 1270. The summed E-state index contributed by atoms with van der Waals surface area (Å²) < 4.78 is 12.6. The predicted molar refractivity (Wildman–Crippen MR) is 119 cm³/mol. The summed E-state index contributed by atoms with van der Waals surface area (Å²) >= 11 is 0. The Morgan fingerprint density at radius 2 is 1.88 bits per heavy atom. The molecule has 0 fully saturated rings. The smallest absolute Gasteiger partial charge is 0.257 e.